The molecule has 0 saturated heterocycles. The first-order chi connectivity index (χ1) is 12.0. The van der Waals surface area contributed by atoms with E-state index in [1.807, 2.05) is 36.6 Å². The summed E-state index contributed by atoms with van der Waals surface area (Å²) in [4.78, 5) is 17.0. The predicted molar refractivity (Wildman–Crippen MR) is 96.0 cm³/mol. The van der Waals surface area contributed by atoms with E-state index in [9.17, 15) is 9.90 Å². The molecule has 0 bridgehead atoms. The van der Waals surface area contributed by atoms with Gasteiger partial charge in [-0.15, -0.1) is 0 Å². The monoisotopic (exact) mass is 357 g/mol. The average molecular weight is 357 g/mol. The Hall–Kier alpha value is -2.51. The van der Waals surface area contributed by atoms with Gasteiger partial charge in [-0.3, -0.25) is 9.36 Å². The van der Waals surface area contributed by atoms with Crippen molar-refractivity contribution in [2.75, 3.05) is 12.8 Å². The molecule has 7 heteroatoms. The fraction of sp³-hybridized carbons (Fsp3) is 0.222. The molecular weight excluding hydrogens is 338 g/mol. The standard InChI is InChI=1S/C18H19N3O3S/c1-18(23,15-9-6-10-24-15)12-20-16(22)14-11-19-17(25-2)21(14)13-7-4-3-5-8-13/h3-11,23H,12H2,1-2H3,(H,20,22). The van der Waals surface area contributed by atoms with E-state index in [1.165, 1.54) is 24.2 Å². The van der Waals surface area contributed by atoms with Crippen LogP contribution < -0.4 is 5.32 Å². The van der Waals surface area contributed by atoms with E-state index < -0.39 is 5.60 Å². The second kappa shape index (κ2) is 7.16. The van der Waals surface area contributed by atoms with Crippen LogP contribution in [-0.4, -0.2) is 33.4 Å². The van der Waals surface area contributed by atoms with Gasteiger partial charge in [0.05, 0.1) is 19.0 Å². The van der Waals surface area contributed by atoms with Gasteiger partial charge in [0.1, 0.15) is 17.1 Å². The van der Waals surface area contributed by atoms with E-state index in [0.717, 1.165) is 5.69 Å². The van der Waals surface area contributed by atoms with E-state index in [1.54, 1.807) is 23.6 Å². The minimum absolute atomic E-state index is 0.0217. The molecule has 0 aliphatic heterocycles. The van der Waals surface area contributed by atoms with Crippen molar-refractivity contribution in [3.05, 3.63) is 66.4 Å². The molecule has 0 fully saturated rings. The number of imidazole rings is 1. The second-order valence-corrected chi connectivity index (χ2v) is 6.51. The van der Waals surface area contributed by atoms with Gasteiger partial charge in [-0.05, 0) is 37.4 Å². The molecule has 3 rings (SSSR count). The van der Waals surface area contributed by atoms with Crippen molar-refractivity contribution in [2.24, 2.45) is 0 Å². The number of hydrogen-bond donors (Lipinski definition) is 2. The Morgan fingerprint density at radius 1 is 1.32 bits per heavy atom. The highest BCUT2D eigenvalue weighted by Crippen LogP contribution is 2.23. The molecule has 0 saturated carbocycles. The van der Waals surface area contributed by atoms with Crippen LogP contribution in [0, 0.1) is 0 Å². The molecule has 3 aromatic rings. The summed E-state index contributed by atoms with van der Waals surface area (Å²) >= 11 is 1.46. The van der Waals surface area contributed by atoms with E-state index >= 15 is 0 Å². The van der Waals surface area contributed by atoms with Crippen LogP contribution in [0.25, 0.3) is 5.69 Å². The Kier molecular flexibility index (Phi) is 4.96. The molecule has 1 unspecified atom stereocenters. The Bertz CT molecular complexity index is 842. The largest absolute Gasteiger partial charge is 0.466 e. The zero-order valence-corrected chi connectivity index (χ0v) is 14.8. The molecule has 1 amide bonds. The van der Waals surface area contributed by atoms with Gasteiger partial charge in [0.2, 0.25) is 0 Å². The number of para-hydroxylation sites is 1. The zero-order chi connectivity index (χ0) is 17.9. The molecule has 2 N–H and O–H groups in total. The number of aliphatic hydroxyl groups is 1. The third-order valence-corrected chi connectivity index (χ3v) is 4.46. The quantitative estimate of drug-likeness (QED) is 0.663. The summed E-state index contributed by atoms with van der Waals surface area (Å²) < 4.78 is 7.02. The fourth-order valence-electron chi connectivity index (χ4n) is 2.48. The first kappa shape index (κ1) is 17.3. The van der Waals surface area contributed by atoms with Gasteiger partial charge in [-0.1, -0.05) is 30.0 Å². The number of rotatable bonds is 6. The molecule has 0 aliphatic rings. The van der Waals surface area contributed by atoms with Crippen LogP contribution in [0.1, 0.15) is 23.2 Å². The van der Waals surface area contributed by atoms with Gasteiger partial charge in [-0.2, -0.15) is 0 Å². The topological polar surface area (TPSA) is 80.3 Å². The summed E-state index contributed by atoms with van der Waals surface area (Å²) in [6.07, 6.45) is 4.93. The van der Waals surface area contributed by atoms with Gasteiger partial charge in [0.25, 0.3) is 5.91 Å². The summed E-state index contributed by atoms with van der Waals surface area (Å²) in [7, 11) is 0. The highest BCUT2D eigenvalue weighted by Gasteiger charge is 2.28. The van der Waals surface area contributed by atoms with Crippen LogP contribution >= 0.6 is 11.8 Å². The molecule has 0 radical (unpaired) electrons. The van der Waals surface area contributed by atoms with Gasteiger partial charge >= 0.3 is 0 Å². The Morgan fingerprint density at radius 2 is 2.08 bits per heavy atom. The molecule has 25 heavy (non-hydrogen) atoms. The molecule has 2 aromatic heterocycles. The van der Waals surface area contributed by atoms with Crippen molar-refractivity contribution in [3.8, 4) is 5.69 Å². The first-order valence-electron chi connectivity index (χ1n) is 7.74. The minimum Gasteiger partial charge on any atom is -0.466 e. The average Bonchev–Trinajstić information content (AvgIpc) is 3.30. The summed E-state index contributed by atoms with van der Waals surface area (Å²) in [6, 6.07) is 12.9. The number of thioether (sulfide) groups is 1. The van der Waals surface area contributed by atoms with Gasteiger partial charge in [-0.25, -0.2) is 4.98 Å². The van der Waals surface area contributed by atoms with Crippen LogP contribution in [0.15, 0.2) is 64.5 Å². The summed E-state index contributed by atoms with van der Waals surface area (Å²) in [5.74, 6) is 0.0812. The van der Waals surface area contributed by atoms with Crippen LogP contribution in [0.2, 0.25) is 0 Å². The smallest absolute Gasteiger partial charge is 0.270 e. The predicted octanol–water partition coefficient (Wildman–Crippen LogP) is 2.82. The van der Waals surface area contributed by atoms with Crippen molar-refractivity contribution in [2.45, 2.75) is 17.7 Å². The summed E-state index contributed by atoms with van der Waals surface area (Å²) in [6.45, 7) is 1.61. The number of amides is 1. The van der Waals surface area contributed by atoms with Gasteiger partial charge < -0.3 is 14.8 Å². The molecule has 0 spiro atoms. The second-order valence-electron chi connectivity index (χ2n) is 5.73. The molecule has 1 aromatic carbocycles. The molecular formula is C18H19N3O3S. The lowest BCUT2D eigenvalue weighted by Crippen LogP contribution is -2.39. The number of aromatic nitrogens is 2. The lowest BCUT2D eigenvalue weighted by Gasteiger charge is -2.21. The van der Waals surface area contributed by atoms with Crippen molar-refractivity contribution in [3.63, 3.8) is 0 Å². The molecule has 0 aliphatic carbocycles. The maximum atomic E-state index is 12.7. The molecule has 130 valence electrons. The van der Waals surface area contributed by atoms with Crippen molar-refractivity contribution >= 4 is 17.7 Å². The molecule has 2 heterocycles. The van der Waals surface area contributed by atoms with E-state index in [2.05, 4.69) is 10.3 Å². The normalized spacial score (nSPS) is 13.4. The maximum Gasteiger partial charge on any atom is 0.270 e. The molecule has 6 nitrogen and oxygen atoms in total. The van der Waals surface area contributed by atoms with Crippen molar-refractivity contribution < 1.29 is 14.3 Å². The number of carbonyl (C=O) groups is 1. The Balaban J connectivity index is 1.82. The zero-order valence-electron chi connectivity index (χ0n) is 14.0. The number of benzene rings is 1. The summed E-state index contributed by atoms with van der Waals surface area (Å²) in [5, 5.41) is 13.9. The minimum atomic E-state index is -1.29. The number of carbonyl (C=O) groups excluding carboxylic acids is 1. The van der Waals surface area contributed by atoms with Crippen LogP contribution in [0.3, 0.4) is 0 Å². The Labute approximate surface area is 149 Å². The van der Waals surface area contributed by atoms with E-state index in [4.69, 9.17) is 4.42 Å². The lowest BCUT2D eigenvalue weighted by atomic mass is 10.0. The number of hydrogen-bond acceptors (Lipinski definition) is 5. The Morgan fingerprint density at radius 3 is 2.72 bits per heavy atom. The van der Waals surface area contributed by atoms with Gasteiger partial charge in [0.15, 0.2) is 5.16 Å². The SMILES string of the molecule is CSc1ncc(C(=O)NCC(C)(O)c2ccco2)n1-c1ccccc1. The van der Waals surface area contributed by atoms with Crippen LogP contribution in [0.4, 0.5) is 0 Å². The highest BCUT2D eigenvalue weighted by molar-refractivity contribution is 7.98. The van der Waals surface area contributed by atoms with Crippen molar-refractivity contribution in [1.82, 2.24) is 14.9 Å². The van der Waals surface area contributed by atoms with E-state index in [-0.39, 0.29) is 12.5 Å². The summed E-state index contributed by atoms with van der Waals surface area (Å²) in [5.41, 5.74) is -0.0304. The maximum absolute atomic E-state index is 12.7. The third kappa shape index (κ3) is 3.62. The number of nitrogens with zero attached hydrogens (tertiary/aromatic N) is 2. The third-order valence-electron chi connectivity index (χ3n) is 3.80. The van der Waals surface area contributed by atoms with E-state index in [0.29, 0.717) is 16.6 Å². The fourth-order valence-corrected chi connectivity index (χ4v) is 3.03. The highest BCUT2D eigenvalue weighted by atomic mass is 32.2. The van der Waals surface area contributed by atoms with Crippen LogP contribution in [0.5, 0.6) is 0 Å². The van der Waals surface area contributed by atoms with Gasteiger partial charge in [0, 0.05) is 5.69 Å². The first-order valence-corrected chi connectivity index (χ1v) is 8.97. The number of nitrogens with one attached hydrogen (secondary N) is 1. The van der Waals surface area contributed by atoms with Crippen molar-refractivity contribution in [1.29, 1.82) is 0 Å². The lowest BCUT2D eigenvalue weighted by molar-refractivity contribution is 0.0329. The van der Waals surface area contributed by atoms with Crippen LogP contribution in [-0.2, 0) is 5.60 Å². The molecule has 1 atom stereocenters. The number of furan rings is 1.